The van der Waals surface area contributed by atoms with Gasteiger partial charge in [-0.25, -0.2) is 4.98 Å². The summed E-state index contributed by atoms with van der Waals surface area (Å²) in [5, 5.41) is 4.98. The second-order valence-corrected chi connectivity index (χ2v) is 4.81. The molecule has 0 spiro atoms. The molecule has 0 saturated heterocycles. The van der Waals surface area contributed by atoms with E-state index in [0.29, 0.717) is 16.9 Å². The van der Waals surface area contributed by atoms with Crippen LogP contribution in [0, 0.1) is 0 Å². The van der Waals surface area contributed by atoms with Crippen LogP contribution < -0.4 is 4.74 Å². The molecule has 0 aromatic carbocycles. The lowest BCUT2D eigenvalue weighted by Gasteiger charge is -2.04. The quantitative estimate of drug-likeness (QED) is 0.791. The van der Waals surface area contributed by atoms with E-state index in [-0.39, 0.29) is 0 Å². The predicted octanol–water partition coefficient (Wildman–Crippen LogP) is 3.62. The van der Waals surface area contributed by atoms with Crippen LogP contribution >= 0.6 is 11.6 Å². The van der Waals surface area contributed by atoms with Crippen LogP contribution in [0.2, 0.25) is 5.15 Å². The predicted molar refractivity (Wildman–Crippen MR) is 69.2 cm³/mol. The van der Waals surface area contributed by atoms with Gasteiger partial charge in [0.1, 0.15) is 16.6 Å². The van der Waals surface area contributed by atoms with Gasteiger partial charge in [0.25, 0.3) is 0 Å². The fourth-order valence-corrected chi connectivity index (χ4v) is 2.01. The van der Waals surface area contributed by atoms with Gasteiger partial charge in [0, 0.05) is 12.3 Å². The van der Waals surface area contributed by atoms with Crippen molar-refractivity contribution < 1.29 is 4.74 Å². The van der Waals surface area contributed by atoms with Gasteiger partial charge in [0.05, 0.1) is 12.2 Å². The fraction of sp³-hybridized carbons (Fsp3) is 0.385. The van der Waals surface area contributed by atoms with E-state index >= 15 is 0 Å². The number of hydrogen-bond acceptors (Lipinski definition) is 3. The monoisotopic (exact) mass is 263 g/mol. The van der Waals surface area contributed by atoms with Crippen LogP contribution in [0.5, 0.6) is 11.5 Å². The average molecular weight is 264 g/mol. The third-order valence-electron chi connectivity index (χ3n) is 2.95. The summed E-state index contributed by atoms with van der Waals surface area (Å²) in [6.07, 6.45) is 6.89. The van der Waals surface area contributed by atoms with E-state index in [1.165, 1.54) is 12.8 Å². The standard InChI is InChI=1S/C13H14ClN3O/c1-2-11-12(8-17(16-11)9-3-4-9)18-10-5-6-15-13(14)7-10/h5-9H,2-4H2,1H3. The van der Waals surface area contributed by atoms with Crippen molar-refractivity contribution >= 4 is 11.6 Å². The lowest BCUT2D eigenvalue weighted by atomic mass is 10.3. The highest BCUT2D eigenvalue weighted by Crippen LogP contribution is 2.37. The first-order chi connectivity index (χ1) is 8.76. The van der Waals surface area contributed by atoms with Crippen molar-refractivity contribution in [2.45, 2.75) is 32.2 Å². The van der Waals surface area contributed by atoms with Crippen molar-refractivity contribution in [2.75, 3.05) is 0 Å². The van der Waals surface area contributed by atoms with Gasteiger partial charge in [-0.15, -0.1) is 0 Å². The van der Waals surface area contributed by atoms with Gasteiger partial charge in [-0.05, 0) is 25.3 Å². The SMILES string of the molecule is CCc1nn(C2CC2)cc1Oc1ccnc(Cl)c1. The molecular formula is C13H14ClN3O. The molecule has 1 aliphatic rings. The van der Waals surface area contributed by atoms with Crippen molar-refractivity contribution in [3.63, 3.8) is 0 Å². The molecule has 2 aromatic rings. The van der Waals surface area contributed by atoms with E-state index in [4.69, 9.17) is 16.3 Å². The molecule has 0 atom stereocenters. The zero-order valence-electron chi connectivity index (χ0n) is 10.1. The molecule has 94 valence electrons. The molecule has 1 aliphatic carbocycles. The number of hydrogen-bond donors (Lipinski definition) is 0. The summed E-state index contributed by atoms with van der Waals surface area (Å²) < 4.78 is 7.84. The van der Waals surface area contributed by atoms with Gasteiger partial charge >= 0.3 is 0 Å². The minimum absolute atomic E-state index is 0.431. The molecule has 0 unspecified atom stereocenters. The van der Waals surface area contributed by atoms with Crippen LogP contribution in [0.1, 0.15) is 31.5 Å². The first-order valence-corrected chi connectivity index (χ1v) is 6.51. The Kier molecular flexibility index (Phi) is 2.96. The minimum Gasteiger partial charge on any atom is -0.454 e. The number of ether oxygens (including phenoxy) is 1. The molecule has 5 heteroatoms. The smallest absolute Gasteiger partial charge is 0.168 e. The Morgan fingerprint density at radius 1 is 1.50 bits per heavy atom. The topological polar surface area (TPSA) is 39.9 Å². The Morgan fingerprint density at radius 3 is 3.00 bits per heavy atom. The first-order valence-electron chi connectivity index (χ1n) is 6.13. The molecule has 2 aromatic heterocycles. The number of nitrogens with zero attached hydrogens (tertiary/aromatic N) is 3. The summed E-state index contributed by atoms with van der Waals surface area (Å²) in [7, 11) is 0. The summed E-state index contributed by atoms with van der Waals surface area (Å²) >= 11 is 5.84. The summed E-state index contributed by atoms with van der Waals surface area (Å²) in [5.41, 5.74) is 0.981. The van der Waals surface area contributed by atoms with Crippen molar-refractivity contribution in [3.05, 3.63) is 35.4 Å². The fourth-order valence-electron chi connectivity index (χ4n) is 1.84. The molecule has 0 bridgehead atoms. The van der Waals surface area contributed by atoms with Crippen LogP contribution in [0.25, 0.3) is 0 Å². The highest BCUT2D eigenvalue weighted by Gasteiger charge is 2.26. The van der Waals surface area contributed by atoms with Gasteiger partial charge in [0.2, 0.25) is 0 Å². The third-order valence-corrected chi connectivity index (χ3v) is 3.16. The molecule has 1 fully saturated rings. The van der Waals surface area contributed by atoms with Crippen molar-refractivity contribution in [3.8, 4) is 11.5 Å². The van der Waals surface area contributed by atoms with E-state index in [1.807, 2.05) is 10.9 Å². The normalized spacial score (nSPS) is 14.8. The molecule has 0 radical (unpaired) electrons. The highest BCUT2D eigenvalue weighted by molar-refractivity contribution is 6.29. The van der Waals surface area contributed by atoms with Crippen LogP contribution in [0.15, 0.2) is 24.5 Å². The van der Waals surface area contributed by atoms with Crippen molar-refractivity contribution in [1.29, 1.82) is 0 Å². The second kappa shape index (κ2) is 4.61. The molecule has 0 N–H and O–H groups in total. The Hall–Kier alpha value is -1.55. The molecular weight excluding hydrogens is 250 g/mol. The molecule has 2 heterocycles. The highest BCUT2D eigenvalue weighted by atomic mass is 35.5. The van der Waals surface area contributed by atoms with Gasteiger partial charge in [0.15, 0.2) is 5.75 Å². The second-order valence-electron chi connectivity index (χ2n) is 4.42. The Bertz CT molecular complexity index is 563. The molecule has 1 saturated carbocycles. The van der Waals surface area contributed by atoms with E-state index < -0.39 is 0 Å². The van der Waals surface area contributed by atoms with Crippen LogP contribution in [-0.2, 0) is 6.42 Å². The van der Waals surface area contributed by atoms with Crippen LogP contribution in [0.4, 0.5) is 0 Å². The maximum atomic E-state index is 5.84. The Morgan fingerprint density at radius 2 is 2.33 bits per heavy atom. The van der Waals surface area contributed by atoms with E-state index in [2.05, 4.69) is 17.0 Å². The lowest BCUT2D eigenvalue weighted by molar-refractivity contribution is 0.475. The van der Waals surface area contributed by atoms with Gasteiger partial charge in [-0.2, -0.15) is 5.10 Å². The van der Waals surface area contributed by atoms with Crippen LogP contribution in [-0.4, -0.2) is 14.8 Å². The Balaban J connectivity index is 1.86. The van der Waals surface area contributed by atoms with E-state index in [9.17, 15) is 0 Å². The Labute approximate surface area is 111 Å². The number of rotatable bonds is 4. The number of aromatic nitrogens is 3. The number of aryl methyl sites for hydroxylation is 1. The zero-order valence-corrected chi connectivity index (χ0v) is 10.9. The molecule has 4 nitrogen and oxygen atoms in total. The van der Waals surface area contributed by atoms with Crippen molar-refractivity contribution in [2.24, 2.45) is 0 Å². The summed E-state index contributed by atoms with van der Waals surface area (Å²) in [6, 6.07) is 4.06. The largest absolute Gasteiger partial charge is 0.454 e. The number of halogens is 1. The zero-order chi connectivity index (χ0) is 12.5. The summed E-state index contributed by atoms with van der Waals surface area (Å²) in [4.78, 5) is 3.93. The maximum Gasteiger partial charge on any atom is 0.168 e. The molecule has 0 aliphatic heterocycles. The average Bonchev–Trinajstić information content (AvgIpc) is 3.12. The van der Waals surface area contributed by atoms with Crippen molar-refractivity contribution in [1.82, 2.24) is 14.8 Å². The molecule has 0 amide bonds. The first kappa shape index (κ1) is 11.5. The maximum absolute atomic E-state index is 5.84. The van der Waals surface area contributed by atoms with E-state index in [1.54, 1.807) is 18.3 Å². The van der Waals surface area contributed by atoms with Gasteiger partial charge in [-0.3, -0.25) is 4.68 Å². The molecule has 3 rings (SSSR count). The van der Waals surface area contributed by atoms with E-state index in [0.717, 1.165) is 17.9 Å². The van der Waals surface area contributed by atoms with Crippen LogP contribution in [0.3, 0.4) is 0 Å². The lowest BCUT2D eigenvalue weighted by Crippen LogP contribution is -1.94. The number of pyridine rings is 1. The summed E-state index contributed by atoms with van der Waals surface area (Å²) in [6.45, 7) is 2.08. The minimum atomic E-state index is 0.431. The van der Waals surface area contributed by atoms with Gasteiger partial charge in [-0.1, -0.05) is 18.5 Å². The molecule has 18 heavy (non-hydrogen) atoms. The van der Waals surface area contributed by atoms with Gasteiger partial charge < -0.3 is 4.74 Å². The third kappa shape index (κ3) is 2.34. The summed E-state index contributed by atoms with van der Waals surface area (Å²) in [5.74, 6) is 1.51.